The van der Waals surface area contributed by atoms with Gasteiger partial charge in [-0.25, -0.2) is 4.68 Å². The van der Waals surface area contributed by atoms with Crippen LogP contribution in [0, 0.1) is 0 Å². The van der Waals surface area contributed by atoms with Gasteiger partial charge >= 0.3 is 5.97 Å². The second kappa shape index (κ2) is 8.90. The van der Waals surface area contributed by atoms with Crippen molar-refractivity contribution in [3.05, 3.63) is 72.1 Å². The molecule has 0 aliphatic rings. The molecule has 0 aliphatic heterocycles. The Kier molecular flexibility index (Phi) is 6.11. The summed E-state index contributed by atoms with van der Waals surface area (Å²) in [5.74, 6) is -0.646. The third kappa shape index (κ3) is 5.00. The highest BCUT2D eigenvalue weighted by molar-refractivity contribution is 5.94. The molecule has 0 bridgehead atoms. The van der Waals surface area contributed by atoms with E-state index < -0.39 is 6.04 Å². The van der Waals surface area contributed by atoms with Crippen LogP contribution < -0.4 is 5.32 Å². The summed E-state index contributed by atoms with van der Waals surface area (Å²) in [4.78, 5) is 24.9. The smallest absolute Gasteiger partial charge is 0.308 e. The Balaban J connectivity index is 1.74. The average Bonchev–Trinajstić information content (AvgIpc) is 3.22. The van der Waals surface area contributed by atoms with Gasteiger partial charge in [0, 0.05) is 5.56 Å². The Bertz CT molecular complexity index is 909. The van der Waals surface area contributed by atoms with Crippen LogP contribution >= 0.6 is 0 Å². The van der Waals surface area contributed by atoms with Gasteiger partial charge in [0.25, 0.3) is 5.91 Å². The van der Waals surface area contributed by atoms with Crippen LogP contribution in [-0.4, -0.2) is 38.2 Å². The van der Waals surface area contributed by atoms with Crippen molar-refractivity contribution in [2.24, 2.45) is 0 Å². The van der Waals surface area contributed by atoms with Gasteiger partial charge < -0.3 is 10.1 Å². The van der Waals surface area contributed by atoms with Crippen LogP contribution in [-0.2, 0) is 9.53 Å². The molecule has 1 aromatic heterocycles. The number of tetrazole rings is 1. The summed E-state index contributed by atoms with van der Waals surface area (Å²) in [5, 5.41) is 13.9. The first-order valence-electron chi connectivity index (χ1n) is 8.91. The molecule has 0 unspecified atom stereocenters. The fourth-order valence-corrected chi connectivity index (χ4v) is 2.70. The summed E-state index contributed by atoms with van der Waals surface area (Å²) >= 11 is 0. The number of aromatic nitrogens is 4. The van der Waals surface area contributed by atoms with E-state index in [1.54, 1.807) is 38.1 Å². The first-order chi connectivity index (χ1) is 13.5. The van der Waals surface area contributed by atoms with E-state index in [2.05, 4.69) is 20.8 Å². The second-order valence-corrected chi connectivity index (χ2v) is 6.48. The third-order valence-electron chi connectivity index (χ3n) is 3.99. The molecular weight excluding hydrogens is 358 g/mol. The van der Waals surface area contributed by atoms with Crippen LogP contribution in [0.3, 0.4) is 0 Å². The molecule has 0 saturated heterocycles. The van der Waals surface area contributed by atoms with Crippen molar-refractivity contribution in [2.45, 2.75) is 32.4 Å². The van der Waals surface area contributed by atoms with Crippen LogP contribution in [0.1, 0.15) is 42.2 Å². The number of esters is 1. The van der Waals surface area contributed by atoms with E-state index in [4.69, 9.17) is 4.74 Å². The first kappa shape index (κ1) is 19.2. The summed E-state index contributed by atoms with van der Waals surface area (Å²) in [5.41, 5.74) is 2.04. The summed E-state index contributed by atoms with van der Waals surface area (Å²) in [7, 11) is 0. The van der Waals surface area contributed by atoms with Gasteiger partial charge in [-0.2, -0.15) is 0 Å². The van der Waals surface area contributed by atoms with Gasteiger partial charge in [-0.3, -0.25) is 9.59 Å². The predicted octanol–water partition coefficient (Wildman–Crippen LogP) is 2.48. The van der Waals surface area contributed by atoms with Crippen LogP contribution in [0.5, 0.6) is 0 Å². The Morgan fingerprint density at radius 1 is 1.07 bits per heavy atom. The second-order valence-electron chi connectivity index (χ2n) is 6.48. The van der Waals surface area contributed by atoms with Crippen molar-refractivity contribution in [3.8, 4) is 5.69 Å². The van der Waals surface area contributed by atoms with Gasteiger partial charge in [0.2, 0.25) is 0 Å². The zero-order valence-corrected chi connectivity index (χ0v) is 15.6. The lowest BCUT2D eigenvalue weighted by Gasteiger charge is -2.19. The molecule has 28 heavy (non-hydrogen) atoms. The van der Waals surface area contributed by atoms with Crippen molar-refractivity contribution in [2.75, 3.05) is 0 Å². The molecule has 0 aliphatic carbocycles. The normalized spacial score (nSPS) is 11.8. The fraction of sp³-hybridized carbons (Fsp3) is 0.250. The zero-order valence-electron chi connectivity index (χ0n) is 15.6. The van der Waals surface area contributed by atoms with E-state index in [0.29, 0.717) is 5.56 Å². The summed E-state index contributed by atoms with van der Waals surface area (Å²) in [6, 6.07) is 15.7. The molecule has 1 heterocycles. The Morgan fingerprint density at radius 2 is 1.79 bits per heavy atom. The van der Waals surface area contributed by atoms with Crippen molar-refractivity contribution in [1.82, 2.24) is 25.5 Å². The van der Waals surface area contributed by atoms with Crippen molar-refractivity contribution in [3.63, 3.8) is 0 Å². The van der Waals surface area contributed by atoms with Crippen LogP contribution in [0.25, 0.3) is 5.69 Å². The van der Waals surface area contributed by atoms with E-state index in [0.717, 1.165) is 11.3 Å². The molecule has 3 rings (SSSR count). The summed E-state index contributed by atoms with van der Waals surface area (Å²) in [6.45, 7) is 3.58. The lowest BCUT2D eigenvalue weighted by atomic mass is 10.0. The minimum Gasteiger partial charge on any atom is -0.463 e. The Labute approximate surface area is 162 Å². The van der Waals surface area contributed by atoms with Crippen molar-refractivity contribution >= 4 is 11.9 Å². The quantitative estimate of drug-likeness (QED) is 0.633. The van der Waals surface area contributed by atoms with Crippen LogP contribution in [0.4, 0.5) is 0 Å². The summed E-state index contributed by atoms with van der Waals surface area (Å²) < 4.78 is 6.73. The number of carbonyl (C=O) groups excluding carboxylic acids is 2. The molecule has 3 aromatic rings. The maximum atomic E-state index is 12.7. The van der Waals surface area contributed by atoms with Crippen LogP contribution in [0.15, 0.2) is 60.9 Å². The number of nitrogens with one attached hydrogen (secondary N) is 1. The topological polar surface area (TPSA) is 99.0 Å². The molecule has 0 saturated carbocycles. The number of carbonyl (C=O) groups is 2. The lowest BCUT2D eigenvalue weighted by molar-refractivity contribution is -0.147. The predicted molar refractivity (Wildman–Crippen MR) is 102 cm³/mol. The third-order valence-corrected chi connectivity index (χ3v) is 3.99. The number of benzene rings is 2. The molecule has 8 heteroatoms. The number of hydrogen-bond donors (Lipinski definition) is 1. The van der Waals surface area contributed by atoms with Gasteiger partial charge in [-0.1, -0.05) is 30.3 Å². The van der Waals surface area contributed by atoms with E-state index in [-0.39, 0.29) is 24.4 Å². The standard InChI is InChI=1S/C20H21N5O3/c1-14(2)28-19(26)12-18(15-6-4-3-5-7-15)22-20(27)16-8-10-17(11-9-16)25-13-21-23-24-25/h3-11,13-14,18H,12H2,1-2H3,(H,22,27)/t18-/m1/s1. The number of rotatable bonds is 7. The van der Waals surface area contributed by atoms with Gasteiger partial charge in [-0.05, 0) is 54.1 Å². The number of hydrogen-bond acceptors (Lipinski definition) is 6. The van der Waals surface area contributed by atoms with Gasteiger partial charge in [0.1, 0.15) is 6.33 Å². The molecule has 1 amide bonds. The maximum absolute atomic E-state index is 12.7. The highest BCUT2D eigenvalue weighted by Gasteiger charge is 2.20. The average molecular weight is 379 g/mol. The number of amides is 1. The number of ether oxygens (including phenoxy) is 1. The van der Waals surface area contributed by atoms with E-state index in [1.807, 2.05) is 30.3 Å². The minimum atomic E-state index is -0.487. The minimum absolute atomic E-state index is 0.0522. The van der Waals surface area contributed by atoms with Gasteiger partial charge in [-0.15, -0.1) is 5.10 Å². The maximum Gasteiger partial charge on any atom is 0.308 e. The lowest BCUT2D eigenvalue weighted by Crippen LogP contribution is -2.31. The SMILES string of the molecule is CC(C)OC(=O)C[C@@H](NC(=O)c1ccc(-n2cnnn2)cc1)c1ccccc1. The highest BCUT2D eigenvalue weighted by atomic mass is 16.5. The van der Waals surface area contributed by atoms with Crippen molar-refractivity contribution in [1.29, 1.82) is 0 Å². The van der Waals surface area contributed by atoms with E-state index >= 15 is 0 Å². The Morgan fingerprint density at radius 3 is 2.39 bits per heavy atom. The molecule has 0 spiro atoms. The first-order valence-corrected chi connectivity index (χ1v) is 8.91. The molecule has 0 fully saturated rings. The van der Waals surface area contributed by atoms with Crippen LogP contribution in [0.2, 0.25) is 0 Å². The molecule has 144 valence electrons. The Hall–Kier alpha value is -3.55. The fourth-order valence-electron chi connectivity index (χ4n) is 2.70. The largest absolute Gasteiger partial charge is 0.463 e. The number of nitrogens with zero attached hydrogens (tertiary/aromatic N) is 4. The van der Waals surface area contributed by atoms with E-state index in [9.17, 15) is 9.59 Å². The molecule has 1 N–H and O–H groups in total. The molecule has 0 radical (unpaired) electrons. The zero-order chi connectivity index (χ0) is 19.9. The molecule has 1 atom stereocenters. The molecule has 2 aromatic carbocycles. The highest BCUT2D eigenvalue weighted by Crippen LogP contribution is 2.19. The van der Waals surface area contributed by atoms with Gasteiger partial charge in [0.15, 0.2) is 0 Å². The van der Waals surface area contributed by atoms with E-state index in [1.165, 1.54) is 11.0 Å². The monoisotopic (exact) mass is 379 g/mol. The molecule has 8 nitrogen and oxygen atoms in total. The van der Waals surface area contributed by atoms with Gasteiger partial charge in [0.05, 0.1) is 24.3 Å². The van der Waals surface area contributed by atoms with Crippen molar-refractivity contribution < 1.29 is 14.3 Å². The summed E-state index contributed by atoms with van der Waals surface area (Å²) in [6.07, 6.45) is 1.32. The molecular formula is C20H21N5O3.